The van der Waals surface area contributed by atoms with Gasteiger partial charge in [0.05, 0.1) is 0 Å². The zero-order valence-corrected chi connectivity index (χ0v) is 15.2. The number of amides is 1. The average molecular weight is 318 g/mol. The standard InChI is InChI=1S/C18H30N4O/c1-7-19-17(21-18(2,3)4)20-12-11-14-9-8-10-15(13-14)16(23)22(5)6/h8-10,13H,7,11-12H2,1-6H3,(H2,19,20,21). The summed E-state index contributed by atoms with van der Waals surface area (Å²) in [7, 11) is 3.53. The second-order valence-electron chi connectivity index (χ2n) is 6.79. The summed E-state index contributed by atoms with van der Waals surface area (Å²) in [6.45, 7) is 9.87. The largest absolute Gasteiger partial charge is 0.357 e. The van der Waals surface area contributed by atoms with Crippen molar-refractivity contribution in [3.8, 4) is 0 Å². The van der Waals surface area contributed by atoms with Gasteiger partial charge in [0.15, 0.2) is 5.96 Å². The maximum absolute atomic E-state index is 12.0. The monoisotopic (exact) mass is 318 g/mol. The third-order valence-electron chi connectivity index (χ3n) is 3.09. The number of hydrogen-bond acceptors (Lipinski definition) is 2. The summed E-state index contributed by atoms with van der Waals surface area (Å²) in [6, 6.07) is 7.75. The van der Waals surface area contributed by atoms with Gasteiger partial charge in [0.1, 0.15) is 0 Å². The lowest BCUT2D eigenvalue weighted by Gasteiger charge is -2.23. The lowest BCUT2D eigenvalue weighted by atomic mass is 10.1. The molecule has 1 aromatic rings. The Morgan fingerprint density at radius 3 is 2.52 bits per heavy atom. The highest BCUT2D eigenvalue weighted by molar-refractivity contribution is 5.94. The summed E-state index contributed by atoms with van der Waals surface area (Å²) in [5, 5.41) is 6.61. The molecule has 0 radical (unpaired) electrons. The quantitative estimate of drug-likeness (QED) is 0.647. The molecule has 0 atom stereocenters. The zero-order chi connectivity index (χ0) is 17.5. The van der Waals surface area contributed by atoms with Gasteiger partial charge in [-0.3, -0.25) is 9.79 Å². The Labute approximate surface area is 140 Å². The molecule has 0 bridgehead atoms. The summed E-state index contributed by atoms with van der Waals surface area (Å²) in [5.74, 6) is 0.846. The molecule has 1 amide bonds. The molecule has 0 spiro atoms. The van der Waals surface area contributed by atoms with Crippen molar-refractivity contribution in [2.24, 2.45) is 4.99 Å². The summed E-state index contributed by atoms with van der Waals surface area (Å²) in [4.78, 5) is 18.2. The van der Waals surface area contributed by atoms with Crippen LogP contribution in [-0.4, -0.2) is 49.5 Å². The van der Waals surface area contributed by atoms with Gasteiger partial charge in [-0.15, -0.1) is 0 Å². The molecule has 0 aliphatic heterocycles. The first-order chi connectivity index (χ1) is 10.7. The summed E-state index contributed by atoms with van der Waals surface area (Å²) in [5.41, 5.74) is 1.81. The van der Waals surface area contributed by atoms with Crippen molar-refractivity contribution in [1.82, 2.24) is 15.5 Å². The highest BCUT2D eigenvalue weighted by Gasteiger charge is 2.11. The Hall–Kier alpha value is -2.04. The van der Waals surface area contributed by atoms with Gasteiger partial charge in [-0.2, -0.15) is 0 Å². The molecular weight excluding hydrogens is 288 g/mol. The third-order valence-corrected chi connectivity index (χ3v) is 3.09. The van der Waals surface area contributed by atoms with Crippen LogP contribution in [0.5, 0.6) is 0 Å². The molecule has 0 aliphatic rings. The van der Waals surface area contributed by atoms with Crippen molar-refractivity contribution < 1.29 is 4.79 Å². The molecule has 0 fully saturated rings. The first-order valence-electron chi connectivity index (χ1n) is 8.10. The second-order valence-corrected chi connectivity index (χ2v) is 6.79. The highest BCUT2D eigenvalue weighted by atomic mass is 16.2. The molecular formula is C18H30N4O. The molecule has 5 nitrogen and oxygen atoms in total. The van der Waals surface area contributed by atoms with E-state index in [1.807, 2.05) is 24.3 Å². The number of hydrogen-bond donors (Lipinski definition) is 2. The van der Waals surface area contributed by atoms with E-state index in [4.69, 9.17) is 0 Å². The fraction of sp³-hybridized carbons (Fsp3) is 0.556. The molecule has 0 saturated heterocycles. The van der Waals surface area contributed by atoms with Crippen LogP contribution in [0.3, 0.4) is 0 Å². The predicted molar refractivity (Wildman–Crippen MR) is 97.0 cm³/mol. The normalized spacial score (nSPS) is 12.0. The van der Waals surface area contributed by atoms with Gasteiger partial charge in [-0.05, 0) is 51.8 Å². The van der Waals surface area contributed by atoms with Crippen molar-refractivity contribution in [1.29, 1.82) is 0 Å². The van der Waals surface area contributed by atoms with Crippen LogP contribution in [0.25, 0.3) is 0 Å². The van der Waals surface area contributed by atoms with E-state index in [-0.39, 0.29) is 11.4 Å². The fourth-order valence-corrected chi connectivity index (χ4v) is 2.08. The first-order valence-corrected chi connectivity index (χ1v) is 8.10. The van der Waals surface area contributed by atoms with E-state index in [0.29, 0.717) is 6.54 Å². The van der Waals surface area contributed by atoms with Gasteiger partial charge in [0.25, 0.3) is 5.91 Å². The van der Waals surface area contributed by atoms with Gasteiger partial charge in [-0.25, -0.2) is 0 Å². The maximum Gasteiger partial charge on any atom is 0.253 e. The fourth-order valence-electron chi connectivity index (χ4n) is 2.08. The molecule has 0 aliphatic carbocycles. The minimum atomic E-state index is -0.0287. The first kappa shape index (κ1) is 19.0. The molecule has 0 saturated carbocycles. The molecule has 1 rings (SSSR count). The Bertz CT molecular complexity index is 544. The number of aliphatic imine (C=N–C) groups is 1. The predicted octanol–water partition coefficient (Wildman–Crippen LogP) is 2.28. The van der Waals surface area contributed by atoms with Crippen molar-refractivity contribution in [3.63, 3.8) is 0 Å². The van der Waals surface area contributed by atoms with E-state index in [2.05, 4.69) is 43.3 Å². The maximum atomic E-state index is 12.0. The highest BCUT2D eigenvalue weighted by Crippen LogP contribution is 2.08. The Morgan fingerprint density at radius 1 is 1.26 bits per heavy atom. The lowest BCUT2D eigenvalue weighted by molar-refractivity contribution is 0.0827. The summed E-state index contributed by atoms with van der Waals surface area (Å²) in [6.07, 6.45) is 0.801. The van der Waals surface area contributed by atoms with Crippen LogP contribution in [0.4, 0.5) is 0 Å². The van der Waals surface area contributed by atoms with E-state index in [9.17, 15) is 4.79 Å². The molecule has 2 N–H and O–H groups in total. The topological polar surface area (TPSA) is 56.7 Å². The van der Waals surface area contributed by atoms with Crippen molar-refractivity contribution in [3.05, 3.63) is 35.4 Å². The average Bonchev–Trinajstić information content (AvgIpc) is 2.45. The van der Waals surface area contributed by atoms with Crippen molar-refractivity contribution in [2.45, 2.75) is 39.7 Å². The number of carbonyl (C=O) groups excluding carboxylic acids is 1. The van der Waals surface area contributed by atoms with E-state index in [1.54, 1.807) is 19.0 Å². The van der Waals surface area contributed by atoms with Gasteiger partial charge in [-0.1, -0.05) is 12.1 Å². The Balaban J connectivity index is 2.71. The van der Waals surface area contributed by atoms with Gasteiger partial charge in [0.2, 0.25) is 0 Å². The number of nitrogens with zero attached hydrogens (tertiary/aromatic N) is 2. The van der Waals surface area contributed by atoms with Crippen LogP contribution < -0.4 is 10.6 Å². The Kier molecular flexibility index (Phi) is 7.07. The van der Waals surface area contributed by atoms with Crippen LogP contribution in [0.15, 0.2) is 29.3 Å². The zero-order valence-electron chi connectivity index (χ0n) is 15.2. The number of benzene rings is 1. The van der Waals surface area contributed by atoms with Gasteiger partial charge >= 0.3 is 0 Å². The van der Waals surface area contributed by atoms with Crippen LogP contribution >= 0.6 is 0 Å². The number of rotatable bonds is 5. The van der Waals surface area contributed by atoms with E-state index in [0.717, 1.165) is 30.1 Å². The molecule has 128 valence electrons. The molecule has 1 aromatic carbocycles. The second kappa shape index (κ2) is 8.56. The lowest BCUT2D eigenvalue weighted by Crippen LogP contribution is -2.47. The van der Waals surface area contributed by atoms with Crippen LogP contribution in [0, 0.1) is 0 Å². The number of carbonyl (C=O) groups is 1. The van der Waals surface area contributed by atoms with E-state index >= 15 is 0 Å². The van der Waals surface area contributed by atoms with Crippen LogP contribution in [0.2, 0.25) is 0 Å². The van der Waals surface area contributed by atoms with Crippen molar-refractivity contribution >= 4 is 11.9 Å². The van der Waals surface area contributed by atoms with E-state index < -0.39 is 0 Å². The summed E-state index contributed by atoms with van der Waals surface area (Å²) >= 11 is 0. The van der Waals surface area contributed by atoms with Gasteiger partial charge in [0, 0.05) is 38.3 Å². The minimum absolute atomic E-state index is 0.0260. The van der Waals surface area contributed by atoms with Crippen LogP contribution in [0.1, 0.15) is 43.6 Å². The number of nitrogens with one attached hydrogen (secondary N) is 2. The number of guanidine groups is 1. The smallest absolute Gasteiger partial charge is 0.253 e. The minimum Gasteiger partial charge on any atom is -0.357 e. The van der Waals surface area contributed by atoms with E-state index in [1.165, 1.54) is 0 Å². The van der Waals surface area contributed by atoms with Crippen molar-refractivity contribution in [2.75, 3.05) is 27.2 Å². The molecule has 0 heterocycles. The molecule has 5 heteroatoms. The SMILES string of the molecule is CCNC(=NCCc1cccc(C(=O)N(C)C)c1)NC(C)(C)C. The van der Waals surface area contributed by atoms with Crippen LogP contribution in [-0.2, 0) is 6.42 Å². The third kappa shape index (κ3) is 7.17. The molecule has 0 aromatic heterocycles. The van der Waals surface area contributed by atoms with Gasteiger partial charge < -0.3 is 15.5 Å². The molecule has 23 heavy (non-hydrogen) atoms. The Morgan fingerprint density at radius 2 is 1.96 bits per heavy atom. The summed E-state index contributed by atoms with van der Waals surface area (Å²) < 4.78 is 0. The molecule has 0 unspecified atom stereocenters.